The second-order valence-electron chi connectivity index (χ2n) is 8.81. The standard InChI is InChI=1S/C26H33N3O2/c1-28(22-14-6-3-7-15-22)18-10-17-27-25(30)24-19-21-13-8-9-16-23(21)29(24)26(31)20-11-4-2-5-12-20/h2,4-5,8-9,11-13,16,22,24H,3,6-7,10,14-15,17-19H2,1H3,(H,27,30). The minimum absolute atomic E-state index is 0.0687. The van der Waals surface area contributed by atoms with Crippen LogP contribution in [0.2, 0.25) is 0 Å². The second kappa shape index (κ2) is 10.1. The Morgan fingerprint density at radius 1 is 1.00 bits per heavy atom. The molecule has 5 nitrogen and oxygen atoms in total. The highest BCUT2D eigenvalue weighted by atomic mass is 16.2. The van der Waals surface area contributed by atoms with Gasteiger partial charge in [-0.05, 0) is 56.6 Å². The summed E-state index contributed by atoms with van der Waals surface area (Å²) in [5.41, 5.74) is 2.49. The molecule has 2 aliphatic rings. The van der Waals surface area contributed by atoms with Gasteiger partial charge >= 0.3 is 0 Å². The average molecular weight is 420 g/mol. The van der Waals surface area contributed by atoms with Crippen LogP contribution in [0.4, 0.5) is 5.69 Å². The smallest absolute Gasteiger partial charge is 0.259 e. The van der Waals surface area contributed by atoms with Crippen LogP contribution in [0, 0.1) is 0 Å². The molecule has 0 aromatic heterocycles. The van der Waals surface area contributed by atoms with Gasteiger partial charge in [0.25, 0.3) is 5.91 Å². The lowest BCUT2D eigenvalue weighted by molar-refractivity contribution is -0.122. The molecule has 1 fully saturated rings. The van der Waals surface area contributed by atoms with E-state index in [9.17, 15) is 9.59 Å². The van der Waals surface area contributed by atoms with Gasteiger partial charge in [-0.2, -0.15) is 0 Å². The minimum atomic E-state index is -0.499. The Balaban J connectivity index is 1.36. The summed E-state index contributed by atoms with van der Waals surface area (Å²) >= 11 is 0. The van der Waals surface area contributed by atoms with Gasteiger partial charge in [0.05, 0.1) is 0 Å². The number of hydrogen-bond acceptors (Lipinski definition) is 3. The number of carbonyl (C=O) groups is 2. The molecule has 1 heterocycles. The number of fused-ring (bicyclic) bond motifs is 1. The number of anilines is 1. The molecule has 0 bridgehead atoms. The van der Waals surface area contributed by atoms with Crippen LogP contribution in [0.25, 0.3) is 0 Å². The Morgan fingerprint density at radius 3 is 2.48 bits per heavy atom. The summed E-state index contributed by atoms with van der Waals surface area (Å²) < 4.78 is 0. The van der Waals surface area contributed by atoms with Crippen LogP contribution in [0.1, 0.15) is 54.4 Å². The molecule has 2 amide bonds. The molecule has 2 aromatic rings. The number of amides is 2. The maximum absolute atomic E-state index is 13.3. The quantitative estimate of drug-likeness (QED) is 0.690. The van der Waals surface area contributed by atoms with Gasteiger partial charge in [0, 0.05) is 30.3 Å². The number of hydrogen-bond donors (Lipinski definition) is 1. The van der Waals surface area contributed by atoms with Crippen molar-refractivity contribution in [3.05, 3.63) is 65.7 Å². The third-order valence-electron chi connectivity index (χ3n) is 6.70. The van der Waals surface area contributed by atoms with Crippen LogP contribution in [0.5, 0.6) is 0 Å². The molecule has 1 unspecified atom stereocenters. The predicted molar refractivity (Wildman–Crippen MR) is 124 cm³/mol. The summed E-state index contributed by atoms with van der Waals surface area (Å²) in [6, 6.07) is 17.2. The monoisotopic (exact) mass is 419 g/mol. The molecule has 1 saturated carbocycles. The van der Waals surface area contributed by atoms with E-state index in [4.69, 9.17) is 0 Å². The van der Waals surface area contributed by atoms with Gasteiger partial charge in [0.15, 0.2) is 0 Å². The molecule has 5 heteroatoms. The summed E-state index contributed by atoms with van der Waals surface area (Å²) in [6.07, 6.45) is 8.09. The Kier molecular flexibility index (Phi) is 7.03. The Bertz CT molecular complexity index is 893. The van der Waals surface area contributed by atoms with E-state index < -0.39 is 6.04 Å². The van der Waals surface area contributed by atoms with Gasteiger partial charge in [-0.3, -0.25) is 14.5 Å². The largest absolute Gasteiger partial charge is 0.354 e. The fourth-order valence-corrected chi connectivity index (χ4v) is 4.93. The fourth-order valence-electron chi connectivity index (χ4n) is 4.93. The van der Waals surface area contributed by atoms with Crippen LogP contribution in [0.15, 0.2) is 54.6 Å². The van der Waals surface area contributed by atoms with Gasteiger partial charge in [-0.15, -0.1) is 0 Å². The van der Waals surface area contributed by atoms with Crippen molar-refractivity contribution in [3.63, 3.8) is 0 Å². The molecule has 1 N–H and O–H groups in total. The number of nitrogens with one attached hydrogen (secondary N) is 1. The first-order chi connectivity index (χ1) is 15.1. The van der Waals surface area contributed by atoms with E-state index in [-0.39, 0.29) is 11.8 Å². The molecule has 0 radical (unpaired) electrons. The van der Waals surface area contributed by atoms with E-state index in [0.717, 1.165) is 24.2 Å². The Labute approximate surface area is 185 Å². The Hall–Kier alpha value is -2.66. The predicted octanol–water partition coefficient (Wildman–Crippen LogP) is 4.03. The number of benzene rings is 2. The highest BCUT2D eigenvalue weighted by Crippen LogP contribution is 2.33. The maximum atomic E-state index is 13.3. The topological polar surface area (TPSA) is 52.7 Å². The second-order valence-corrected chi connectivity index (χ2v) is 8.81. The van der Waals surface area contributed by atoms with Gasteiger partial charge in [-0.25, -0.2) is 0 Å². The third-order valence-corrected chi connectivity index (χ3v) is 6.70. The van der Waals surface area contributed by atoms with Gasteiger partial charge in [0.1, 0.15) is 6.04 Å². The normalized spacial score (nSPS) is 18.8. The summed E-state index contributed by atoms with van der Waals surface area (Å²) in [5, 5.41) is 3.09. The molecule has 31 heavy (non-hydrogen) atoms. The zero-order valence-corrected chi connectivity index (χ0v) is 18.4. The maximum Gasteiger partial charge on any atom is 0.259 e. The molecule has 0 saturated heterocycles. The molecule has 1 atom stereocenters. The lowest BCUT2D eigenvalue weighted by Gasteiger charge is -2.31. The van der Waals surface area contributed by atoms with Crippen LogP contribution >= 0.6 is 0 Å². The minimum Gasteiger partial charge on any atom is -0.354 e. The summed E-state index contributed by atoms with van der Waals surface area (Å²) in [6.45, 7) is 1.62. The average Bonchev–Trinajstić information content (AvgIpc) is 3.22. The van der Waals surface area contributed by atoms with Crippen LogP contribution in [-0.4, -0.2) is 48.9 Å². The zero-order valence-electron chi connectivity index (χ0n) is 18.4. The third kappa shape index (κ3) is 4.99. The number of carbonyl (C=O) groups excluding carboxylic acids is 2. The first-order valence-electron chi connectivity index (χ1n) is 11.6. The molecule has 4 rings (SSSR count). The van der Waals surface area contributed by atoms with Gasteiger partial charge in [0.2, 0.25) is 5.91 Å². The van der Waals surface area contributed by atoms with Crippen molar-refractivity contribution in [1.82, 2.24) is 10.2 Å². The van der Waals surface area contributed by atoms with E-state index in [1.165, 1.54) is 32.1 Å². The fraction of sp³-hybridized carbons (Fsp3) is 0.462. The molecule has 0 spiro atoms. The molecule has 1 aliphatic heterocycles. The SMILES string of the molecule is CN(CCCNC(=O)C1Cc2ccccc2N1C(=O)c1ccccc1)C1CCCCC1. The molecule has 2 aromatic carbocycles. The molecular weight excluding hydrogens is 386 g/mol. The van der Waals surface area contributed by atoms with Crippen molar-refractivity contribution in [1.29, 1.82) is 0 Å². The molecule has 1 aliphatic carbocycles. The van der Waals surface area contributed by atoms with E-state index in [1.807, 2.05) is 42.5 Å². The zero-order chi connectivity index (χ0) is 21.6. The summed E-state index contributed by atoms with van der Waals surface area (Å²) in [5.74, 6) is -0.191. The van der Waals surface area contributed by atoms with Crippen molar-refractivity contribution in [3.8, 4) is 0 Å². The number of para-hydroxylation sites is 1. The Morgan fingerprint density at radius 2 is 1.71 bits per heavy atom. The lowest BCUT2D eigenvalue weighted by Crippen LogP contribution is -2.48. The first-order valence-corrected chi connectivity index (χ1v) is 11.6. The van der Waals surface area contributed by atoms with Crippen molar-refractivity contribution in [2.24, 2.45) is 0 Å². The van der Waals surface area contributed by atoms with Crippen LogP contribution < -0.4 is 10.2 Å². The number of nitrogens with zero attached hydrogens (tertiary/aromatic N) is 2. The highest BCUT2D eigenvalue weighted by Gasteiger charge is 2.38. The van der Waals surface area contributed by atoms with Crippen LogP contribution in [0.3, 0.4) is 0 Å². The van der Waals surface area contributed by atoms with Crippen molar-refractivity contribution in [2.45, 2.75) is 57.0 Å². The lowest BCUT2D eigenvalue weighted by atomic mass is 9.94. The summed E-state index contributed by atoms with van der Waals surface area (Å²) in [7, 11) is 2.20. The van der Waals surface area contributed by atoms with Gasteiger partial charge in [-0.1, -0.05) is 55.7 Å². The van der Waals surface area contributed by atoms with E-state index in [2.05, 4.69) is 17.3 Å². The van der Waals surface area contributed by atoms with Crippen molar-refractivity contribution in [2.75, 3.05) is 25.0 Å². The molecule has 164 valence electrons. The number of rotatable bonds is 7. The van der Waals surface area contributed by atoms with E-state index in [0.29, 0.717) is 24.6 Å². The van der Waals surface area contributed by atoms with Crippen molar-refractivity contribution >= 4 is 17.5 Å². The van der Waals surface area contributed by atoms with E-state index in [1.54, 1.807) is 17.0 Å². The van der Waals surface area contributed by atoms with Crippen molar-refractivity contribution < 1.29 is 9.59 Å². The van der Waals surface area contributed by atoms with E-state index >= 15 is 0 Å². The summed E-state index contributed by atoms with van der Waals surface area (Å²) in [4.78, 5) is 30.5. The van der Waals surface area contributed by atoms with Gasteiger partial charge < -0.3 is 10.2 Å². The highest BCUT2D eigenvalue weighted by molar-refractivity contribution is 6.11. The first kappa shape index (κ1) is 21.6. The van der Waals surface area contributed by atoms with Crippen LogP contribution in [-0.2, 0) is 11.2 Å². The molecular formula is C26H33N3O2.